The molecular weight excluding hydrogens is 572 g/mol. The molecule has 2 aromatic heterocycles. The van der Waals surface area contributed by atoms with Crippen LogP contribution in [0.5, 0.6) is 0 Å². The van der Waals surface area contributed by atoms with Gasteiger partial charge in [-0.3, -0.25) is 9.69 Å². The van der Waals surface area contributed by atoms with Gasteiger partial charge < -0.3 is 30.3 Å². The van der Waals surface area contributed by atoms with Crippen molar-refractivity contribution in [2.75, 3.05) is 56.0 Å². The highest BCUT2D eigenvalue weighted by atomic mass is 16.6. The van der Waals surface area contributed by atoms with E-state index in [0.717, 1.165) is 54.1 Å². The van der Waals surface area contributed by atoms with Crippen molar-refractivity contribution in [1.29, 1.82) is 0 Å². The number of aliphatic hydroxyl groups excluding tert-OH is 1. The van der Waals surface area contributed by atoms with Gasteiger partial charge >= 0.3 is 6.09 Å². The monoisotopic (exact) mass is 616 g/mol. The van der Waals surface area contributed by atoms with Crippen molar-refractivity contribution in [3.8, 4) is 11.3 Å². The molecule has 1 atom stereocenters. The minimum Gasteiger partial charge on any atom is -0.444 e. The number of benzene rings is 1. The molecule has 2 amide bonds. The lowest BCUT2D eigenvalue weighted by atomic mass is 10.1. The molecule has 2 aliphatic rings. The van der Waals surface area contributed by atoms with E-state index < -0.39 is 5.60 Å². The Bertz CT molecular complexity index is 1440. The predicted octanol–water partition coefficient (Wildman–Crippen LogP) is 3.80. The van der Waals surface area contributed by atoms with Crippen LogP contribution in [-0.4, -0.2) is 99.3 Å². The van der Waals surface area contributed by atoms with Crippen LogP contribution in [0.15, 0.2) is 54.9 Å². The molecule has 3 N–H and O–H groups in total. The van der Waals surface area contributed by atoms with E-state index >= 15 is 0 Å². The smallest absolute Gasteiger partial charge is 0.410 e. The Morgan fingerprint density at radius 3 is 2.60 bits per heavy atom. The number of hydrogen-bond donors (Lipinski definition) is 3. The number of amides is 2. The fourth-order valence-corrected chi connectivity index (χ4v) is 5.65. The number of aromatic nitrogens is 3. The number of carbonyl (C=O) groups is 2. The Labute approximate surface area is 264 Å². The van der Waals surface area contributed by atoms with Crippen LogP contribution in [0.2, 0.25) is 0 Å². The molecule has 2 saturated heterocycles. The molecule has 2 fully saturated rings. The summed E-state index contributed by atoms with van der Waals surface area (Å²) in [5, 5.41) is 15.7. The van der Waals surface area contributed by atoms with E-state index in [9.17, 15) is 14.7 Å². The van der Waals surface area contributed by atoms with Crippen molar-refractivity contribution in [1.82, 2.24) is 30.1 Å². The number of nitrogens with zero attached hydrogens (tertiary/aromatic N) is 6. The molecule has 2 aliphatic heterocycles. The maximum atomic E-state index is 12.7. The van der Waals surface area contributed by atoms with Gasteiger partial charge in [0.25, 0.3) is 0 Å². The first kappa shape index (κ1) is 32.1. The Hall–Kier alpha value is -4.29. The number of carbonyl (C=O) groups excluding carboxylic acids is 2. The summed E-state index contributed by atoms with van der Waals surface area (Å²) in [6.07, 6.45) is 6.25. The molecule has 0 radical (unpaired) electrons. The third-order valence-electron chi connectivity index (χ3n) is 7.93. The van der Waals surface area contributed by atoms with E-state index in [1.165, 1.54) is 0 Å². The van der Waals surface area contributed by atoms with E-state index in [2.05, 4.69) is 30.4 Å². The highest BCUT2D eigenvalue weighted by molar-refractivity contribution is 5.78. The van der Waals surface area contributed by atoms with Gasteiger partial charge in [-0.2, -0.15) is 0 Å². The van der Waals surface area contributed by atoms with E-state index in [-0.39, 0.29) is 18.6 Å². The summed E-state index contributed by atoms with van der Waals surface area (Å²) in [6.45, 7) is 9.83. The van der Waals surface area contributed by atoms with Crippen molar-refractivity contribution in [3.05, 3.63) is 60.4 Å². The maximum absolute atomic E-state index is 12.7. The van der Waals surface area contributed by atoms with Gasteiger partial charge in [0.05, 0.1) is 18.8 Å². The van der Waals surface area contributed by atoms with Gasteiger partial charge in [-0.25, -0.2) is 19.7 Å². The second-order valence-corrected chi connectivity index (χ2v) is 12.5. The topological polar surface area (TPSA) is 136 Å². The second-order valence-electron chi connectivity index (χ2n) is 12.5. The maximum Gasteiger partial charge on any atom is 0.410 e. The van der Waals surface area contributed by atoms with Gasteiger partial charge in [0.1, 0.15) is 11.4 Å². The third-order valence-corrected chi connectivity index (χ3v) is 7.93. The number of piperazine rings is 1. The van der Waals surface area contributed by atoms with Gasteiger partial charge in [0.2, 0.25) is 11.9 Å². The minimum atomic E-state index is -0.515. The van der Waals surface area contributed by atoms with E-state index in [1.807, 2.05) is 69.4 Å². The van der Waals surface area contributed by atoms with E-state index in [0.29, 0.717) is 51.3 Å². The normalized spacial score (nSPS) is 17.3. The zero-order chi connectivity index (χ0) is 31.8. The summed E-state index contributed by atoms with van der Waals surface area (Å²) in [7, 11) is 0. The van der Waals surface area contributed by atoms with Crippen LogP contribution in [0, 0.1) is 0 Å². The number of hydrogen-bond acceptors (Lipinski definition) is 10. The minimum absolute atomic E-state index is 0.00699. The van der Waals surface area contributed by atoms with Crippen molar-refractivity contribution >= 4 is 29.5 Å². The average Bonchev–Trinajstić information content (AvgIpc) is 3.49. The zero-order valence-corrected chi connectivity index (χ0v) is 26.4. The summed E-state index contributed by atoms with van der Waals surface area (Å²) in [6, 6.07) is 13.7. The highest BCUT2D eigenvalue weighted by Crippen LogP contribution is 2.27. The van der Waals surface area contributed by atoms with Gasteiger partial charge in [-0.1, -0.05) is 12.1 Å². The molecule has 1 aromatic carbocycles. The molecule has 0 spiro atoms. The molecule has 4 heterocycles. The summed E-state index contributed by atoms with van der Waals surface area (Å²) in [4.78, 5) is 44.8. The number of rotatable bonds is 10. The molecule has 45 heavy (non-hydrogen) atoms. The first-order valence-electron chi connectivity index (χ1n) is 15.7. The summed E-state index contributed by atoms with van der Waals surface area (Å²) >= 11 is 0. The zero-order valence-electron chi connectivity index (χ0n) is 26.4. The largest absolute Gasteiger partial charge is 0.444 e. The standard InChI is InChI=1S/C33H44N8O4/c1-33(2,3)45-32(44)40-18-16-39(17-19-40)22-30(43)34-13-11-27-8-5-15-41(27)29-10-9-25(21-36-29)28-12-14-35-31(38-28)37-26-7-4-6-24(20-26)23-42/h4,6-7,9-10,12,14,20-21,27,42H,5,8,11,13,15-19,22-23H2,1-3H3,(H,34,43)(H,35,37,38). The summed E-state index contributed by atoms with van der Waals surface area (Å²) in [5.41, 5.74) is 2.76. The van der Waals surface area contributed by atoms with Crippen LogP contribution in [0.25, 0.3) is 11.3 Å². The first-order chi connectivity index (χ1) is 21.7. The lowest BCUT2D eigenvalue weighted by molar-refractivity contribution is -0.122. The van der Waals surface area contributed by atoms with Crippen LogP contribution in [0.3, 0.4) is 0 Å². The van der Waals surface area contributed by atoms with Crippen molar-refractivity contribution < 1.29 is 19.4 Å². The van der Waals surface area contributed by atoms with Crippen molar-refractivity contribution in [3.63, 3.8) is 0 Å². The Balaban J connectivity index is 1.08. The fraction of sp³-hybridized carbons (Fsp3) is 0.485. The predicted molar refractivity (Wildman–Crippen MR) is 173 cm³/mol. The molecule has 0 bridgehead atoms. The van der Waals surface area contributed by atoms with Crippen molar-refractivity contribution in [2.24, 2.45) is 0 Å². The molecule has 3 aromatic rings. The van der Waals surface area contributed by atoms with Crippen LogP contribution >= 0.6 is 0 Å². The lowest BCUT2D eigenvalue weighted by Gasteiger charge is -2.35. The van der Waals surface area contributed by atoms with Gasteiger partial charge in [-0.15, -0.1) is 0 Å². The molecule has 12 heteroatoms. The van der Waals surface area contributed by atoms with Crippen LogP contribution in [0.1, 0.15) is 45.6 Å². The Kier molecular flexibility index (Phi) is 10.5. The van der Waals surface area contributed by atoms with E-state index in [1.54, 1.807) is 11.1 Å². The SMILES string of the molecule is CC(C)(C)OC(=O)N1CCN(CC(=O)NCCC2CCCN2c2ccc(-c3ccnc(Nc4cccc(CO)c4)n3)cn2)CC1. The van der Waals surface area contributed by atoms with Crippen molar-refractivity contribution in [2.45, 2.75) is 58.3 Å². The van der Waals surface area contributed by atoms with Crippen LogP contribution in [-0.2, 0) is 16.1 Å². The molecule has 12 nitrogen and oxygen atoms in total. The third kappa shape index (κ3) is 9.11. The Morgan fingerprint density at radius 2 is 1.87 bits per heavy atom. The first-order valence-corrected chi connectivity index (χ1v) is 15.7. The Morgan fingerprint density at radius 1 is 1.04 bits per heavy atom. The molecule has 0 saturated carbocycles. The molecule has 240 valence electrons. The second kappa shape index (κ2) is 14.7. The average molecular weight is 617 g/mol. The number of aliphatic hydroxyl groups is 1. The fourth-order valence-electron chi connectivity index (χ4n) is 5.65. The number of anilines is 3. The van der Waals surface area contributed by atoms with Gasteiger partial charge in [0, 0.05) is 69.0 Å². The van der Waals surface area contributed by atoms with Gasteiger partial charge in [0.15, 0.2) is 0 Å². The number of nitrogens with one attached hydrogen (secondary N) is 2. The van der Waals surface area contributed by atoms with Crippen LogP contribution in [0.4, 0.5) is 22.2 Å². The highest BCUT2D eigenvalue weighted by Gasteiger charge is 2.28. The number of ether oxygens (including phenoxy) is 1. The summed E-state index contributed by atoms with van der Waals surface area (Å²) < 4.78 is 5.46. The molecule has 0 aliphatic carbocycles. The lowest BCUT2D eigenvalue weighted by Crippen LogP contribution is -2.52. The molecular formula is C33H44N8O4. The van der Waals surface area contributed by atoms with Crippen LogP contribution < -0.4 is 15.5 Å². The molecule has 5 rings (SSSR count). The quantitative estimate of drug-likeness (QED) is 0.309. The molecule has 1 unspecified atom stereocenters. The summed E-state index contributed by atoms with van der Waals surface area (Å²) in [5.74, 6) is 1.40. The van der Waals surface area contributed by atoms with Gasteiger partial charge in [-0.05, 0) is 75.9 Å². The number of pyridine rings is 1. The van der Waals surface area contributed by atoms with E-state index in [4.69, 9.17) is 9.72 Å².